The van der Waals surface area contributed by atoms with Gasteiger partial charge in [0.25, 0.3) is 0 Å². The van der Waals surface area contributed by atoms with Crippen molar-refractivity contribution in [3.05, 3.63) is 21.5 Å². The topological polar surface area (TPSA) is 104 Å². The average Bonchev–Trinajstić information content (AvgIpc) is 2.54. The monoisotopic (exact) mass is 269 g/mol. The molecule has 0 fully saturated rings. The maximum atomic E-state index is 11.8. The number of carbonyl (C=O) groups excluding carboxylic acids is 2. The number of rotatable bonds is 5. The first-order chi connectivity index (χ1) is 8.81. The molecule has 0 saturated carbocycles. The van der Waals surface area contributed by atoms with E-state index in [4.69, 9.17) is 4.74 Å². The normalized spacial score (nSPS) is 12.0. The second kappa shape index (κ2) is 5.59. The molecular formula is C11H15N3O5. The Bertz CT molecular complexity index is 535. The largest absolute Gasteiger partial charge is 0.465 e. The van der Waals surface area contributed by atoms with E-state index < -0.39 is 22.6 Å². The third kappa shape index (κ3) is 2.78. The minimum Gasteiger partial charge on any atom is -0.465 e. The van der Waals surface area contributed by atoms with Gasteiger partial charge in [0.15, 0.2) is 5.92 Å². The third-order valence-corrected chi connectivity index (χ3v) is 2.62. The van der Waals surface area contributed by atoms with Crippen molar-refractivity contribution in [1.29, 1.82) is 0 Å². The minimum atomic E-state index is -1.33. The highest BCUT2D eigenvalue weighted by Crippen LogP contribution is 2.30. The van der Waals surface area contributed by atoms with Crippen molar-refractivity contribution in [1.82, 2.24) is 9.78 Å². The molecule has 0 aliphatic carbocycles. The van der Waals surface area contributed by atoms with Crippen LogP contribution in [0.5, 0.6) is 0 Å². The van der Waals surface area contributed by atoms with Gasteiger partial charge in [-0.3, -0.25) is 24.4 Å². The number of ketones is 1. The van der Waals surface area contributed by atoms with Gasteiger partial charge in [0, 0.05) is 7.05 Å². The Morgan fingerprint density at radius 2 is 2.11 bits per heavy atom. The van der Waals surface area contributed by atoms with Crippen LogP contribution in [0.2, 0.25) is 0 Å². The number of nitrogens with zero attached hydrogens (tertiary/aromatic N) is 3. The van der Waals surface area contributed by atoms with Gasteiger partial charge in [-0.25, -0.2) is 0 Å². The predicted molar refractivity (Wildman–Crippen MR) is 64.7 cm³/mol. The summed E-state index contributed by atoms with van der Waals surface area (Å²) in [7, 11) is 1.45. The molecule has 0 aliphatic rings. The van der Waals surface area contributed by atoms with Crippen molar-refractivity contribution in [2.24, 2.45) is 7.05 Å². The summed E-state index contributed by atoms with van der Waals surface area (Å²) in [6, 6.07) is 0. The molecule has 0 bridgehead atoms. The van der Waals surface area contributed by atoms with E-state index in [1.54, 1.807) is 6.92 Å². The second-order valence-electron chi connectivity index (χ2n) is 4.00. The fourth-order valence-electron chi connectivity index (χ4n) is 1.91. The highest BCUT2D eigenvalue weighted by Gasteiger charge is 2.38. The molecule has 1 unspecified atom stereocenters. The second-order valence-corrected chi connectivity index (χ2v) is 4.00. The molecule has 0 aliphatic heterocycles. The number of hydrogen-bond donors (Lipinski definition) is 0. The molecule has 1 atom stereocenters. The number of esters is 1. The van der Waals surface area contributed by atoms with Crippen molar-refractivity contribution in [2.45, 2.75) is 26.7 Å². The van der Waals surface area contributed by atoms with Gasteiger partial charge in [0.05, 0.1) is 11.5 Å². The van der Waals surface area contributed by atoms with E-state index in [1.807, 2.05) is 0 Å². The summed E-state index contributed by atoms with van der Waals surface area (Å²) < 4.78 is 5.97. The van der Waals surface area contributed by atoms with Gasteiger partial charge in [-0.05, 0) is 20.8 Å². The lowest BCUT2D eigenvalue weighted by Crippen LogP contribution is -2.25. The zero-order chi connectivity index (χ0) is 14.7. The zero-order valence-corrected chi connectivity index (χ0v) is 11.2. The smallest absolute Gasteiger partial charge is 0.322 e. The molecule has 8 heteroatoms. The predicted octanol–water partition coefficient (Wildman–Crippen LogP) is 0.872. The van der Waals surface area contributed by atoms with E-state index in [0.29, 0.717) is 0 Å². The van der Waals surface area contributed by atoms with Gasteiger partial charge in [-0.15, -0.1) is 0 Å². The molecule has 1 aromatic heterocycles. The Morgan fingerprint density at radius 1 is 1.53 bits per heavy atom. The molecule has 8 nitrogen and oxygen atoms in total. The molecule has 0 spiro atoms. The zero-order valence-electron chi connectivity index (χ0n) is 11.2. The number of nitro groups is 1. The third-order valence-electron chi connectivity index (χ3n) is 2.62. The van der Waals surface area contributed by atoms with Crippen LogP contribution in [0.1, 0.15) is 31.2 Å². The van der Waals surface area contributed by atoms with E-state index in [2.05, 4.69) is 5.10 Å². The van der Waals surface area contributed by atoms with Crippen LogP contribution in [0, 0.1) is 17.0 Å². The van der Waals surface area contributed by atoms with Crippen LogP contribution in [0.3, 0.4) is 0 Å². The first kappa shape index (κ1) is 14.8. The van der Waals surface area contributed by atoms with Gasteiger partial charge in [-0.1, -0.05) is 0 Å². The number of carbonyl (C=O) groups is 2. The Morgan fingerprint density at radius 3 is 2.53 bits per heavy atom. The first-order valence-corrected chi connectivity index (χ1v) is 5.66. The Balaban J connectivity index is 3.43. The number of aromatic nitrogens is 2. The van der Waals surface area contributed by atoms with Crippen LogP contribution in [0.25, 0.3) is 0 Å². The maximum absolute atomic E-state index is 11.8. The molecule has 0 amide bonds. The van der Waals surface area contributed by atoms with E-state index in [9.17, 15) is 19.7 Å². The number of Topliss-reactive ketones (excluding diaryl/α,β-unsaturated/α-hetero) is 1. The molecule has 19 heavy (non-hydrogen) atoms. The number of aryl methyl sites for hydroxylation is 2. The highest BCUT2D eigenvalue weighted by molar-refractivity contribution is 6.03. The lowest BCUT2D eigenvalue weighted by Gasteiger charge is -2.12. The maximum Gasteiger partial charge on any atom is 0.322 e. The molecular weight excluding hydrogens is 254 g/mol. The summed E-state index contributed by atoms with van der Waals surface area (Å²) in [5.41, 5.74) is -0.220. The van der Waals surface area contributed by atoms with Crippen LogP contribution in [0.15, 0.2) is 0 Å². The van der Waals surface area contributed by atoms with E-state index in [0.717, 1.165) is 0 Å². The Kier molecular flexibility index (Phi) is 4.36. The number of hydrogen-bond acceptors (Lipinski definition) is 6. The van der Waals surface area contributed by atoms with Gasteiger partial charge in [0.2, 0.25) is 0 Å². The summed E-state index contributed by atoms with van der Waals surface area (Å²) in [4.78, 5) is 33.9. The van der Waals surface area contributed by atoms with Crippen LogP contribution in [-0.4, -0.2) is 33.1 Å². The van der Waals surface area contributed by atoms with E-state index in [-0.39, 0.29) is 23.7 Å². The lowest BCUT2D eigenvalue weighted by atomic mass is 9.99. The van der Waals surface area contributed by atoms with Gasteiger partial charge in [0.1, 0.15) is 17.2 Å². The Hall–Kier alpha value is -2.25. The van der Waals surface area contributed by atoms with Gasteiger partial charge < -0.3 is 4.74 Å². The molecule has 1 heterocycles. The molecule has 104 valence electrons. The highest BCUT2D eigenvalue weighted by atomic mass is 16.6. The molecule has 0 saturated heterocycles. The fraction of sp³-hybridized carbons (Fsp3) is 0.545. The molecule has 0 aromatic carbocycles. The van der Waals surface area contributed by atoms with Crippen LogP contribution in [-0.2, 0) is 21.4 Å². The lowest BCUT2D eigenvalue weighted by molar-refractivity contribution is -0.386. The summed E-state index contributed by atoms with van der Waals surface area (Å²) in [5, 5.41) is 14.9. The molecule has 0 N–H and O–H groups in total. The van der Waals surface area contributed by atoms with Crippen molar-refractivity contribution in [3.63, 3.8) is 0 Å². The van der Waals surface area contributed by atoms with Crippen LogP contribution in [0.4, 0.5) is 5.69 Å². The van der Waals surface area contributed by atoms with Crippen LogP contribution < -0.4 is 0 Å². The van der Waals surface area contributed by atoms with Crippen molar-refractivity contribution in [3.8, 4) is 0 Å². The minimum absolute atomic E-state index is 0.0477. The van der Waals surface area contributed by atoms with E-state index in [1.165, 1.54) is 25.6 Å². The molecule has 1 rings (SSSR count). The summed E-state index contributed by atoms with van der Waals surface area (Å²) in [5.74, 6) is -2.66. The van der Waals surface area contributed by atoms with Crippen molar-refractivity contribution < 1.29 is 19.2 Å². The quantitative estimate of drug-likeness (QED) is 0.340. The SMILES string of the molecule is CCOC(=O)C(C(C)=O)c1c([N+](=O)[O-])c(C)nn1C. The van der Waals surface area contributed by atoms with Crippen molar-refractivity contribution in [2.75, 3.05) is 6.61 Å². The number of ether oxygens (including phenoxy) is 1. The van der Waals surface area contributed by atoms with Gasteiger partial charge >= 0.3 is 11.7 Å². The van der Waals surface area contributed by atoms with E-state index >= 15 is 0 Å². The first-order valence-electron chi connectivity index (χ1n) is 5.66. The van der Waals surface area contributed by atoms with Crippen LogP contribution >= 0.6 is 0 Å². The standard InChI is InChI=1S/C11H15N3O5/c1-5-19-11(16)8(7(3)15)10-9(14(17)18)6(2)12-13(10)4/h8H,5H2,1-4H3. The molecule has 1 aromatic rings. The fourth-order valence-corrected chi connectivity index (χ4v) is 1.91. The van der Waals surface area contributed by atoms with Gasteiger partial charge in [-0.2, -0.15) is 5.10 Å². The summed E-state index contributed by atoms with van der Waals surface area (Å²) in [6.45, 7) is 4.32. The Labute approximate surface area is 109 Å². The van der Waals surface area contributed by atoms with Crippen molar-refractivity contribution >= 4 is 17.4 Å². The molecule has 0 radical (unpaired) electrons. The summed E-state index contributed by atoms with van der Waals surface area (Å²) >= 11 is 0. The average molecular weight is 269 g/mol. The summed E-state index contributed by atoms with van der Waals surface area (Å²) in [6.07, 6.45) is 0.